The number of benzene rings is 2. The number of nitrogens with zero attached hydrogens (tertiary/aromatic N) is 4. The van der Waals surface area contributed by atoms with Gasteiger partial charge in [0.25, 0.3) is 5.69 Å². The van der Waals surface area contributed by atoms with Crippen molar-refractivity contribution in [3.8, 4) is 0 Å². The van der Waals surface area contributed by atoms with E-state index in [4.69, 9.17) is 0 Å². The molecule has 3 rings (SSSR count). The van der Waals surface area contributed by atoms with E-state index < -0.39 is 14.9 Å². The summed E-state index contributed by atoms with van der Waals surface area (Å²) in [6, 6.07) is 13.0. The van der Waals surface area contributed by atoms with Crippen LogP contribution in [0.15, 0.2) is 48.5 Å². The first-order chi connectivity index (χ1) is 18.6. The number of hydrogen-bond acceptors (Lipinski definition) is 6. The number of sulfonamides is 1. The van der Waals surface area contributed by atoms with Crippen molar-refractivity contribution in [3.63, 3.8) is 0 Å². The van der Waals surface area contributed by atoms with Gasteiger partial charge in [-0.05, 0) is 56.4 Å². The van der Waals surface area contributed by atoms with Gasteiger partial charge in [0.15, 0.2) is 0 Å². The van der Waals surface area contributed by atoms with Gasteiger partial charge in [-0.15, -0.1) is 0 Å². The molecule has 3 amide bonds. The molecule has 1 heterocycles. The Morgan fingerprint density at radius 1 is 1.08 bits per heavy atom. The zero-order chi connectivity index (χ0) is 28.6. The molecule has 11 nitrogen and oxygen atoms in total. The average molecular weight is 560 g/mol. The molecule has 212 valence electrons. The monoisotopic (exact) mass is 559 g/mol. The molecule has 0 aliphatic carbocycles. The van der Waals surface area contributed by atoms with Crippen LogP contribution in [-0.4, -0.2) is 77.4 Å². The topological polar surface area (TPSA) is 133 Å². The van der Waals surface area contributed by atoms with Gasteiger partial charge in [-0.2, -0.15) is 4.31 Å². The number of rotatable bonds is 11. The highest BCUT2D eigenvalue weighted by Crippen LogP contribution is 2.23. The Hall–Kier alpha value is -3.51. The SMILES string of the molecule is CCCN(CC(=O)N(Cc1ccccc1C)C1CCN(C(=O)Nc2ccc([N+](=O)[O-])cc2)CC1)S(=O)(=O)CC. The molecule has 2 aromatic carbocycles. The number of carbonyl (C=O) groups is 2. The van der Waals surface area contributed by atoms with Crippen LogP contribution >= 0.6 is 0 Å². The summed E-state index contributed by atoms with van der Waals surface area (Å²) in [6.45, 7) is 6.68. The van der Waals surface area contributed by atoms with Gasteiger partial charge in [-0.25, -0.2) is 13.2 Å². The fourth-order valence-electron chi connectivity index (χ4n) is 4.63. The second-order valence-corrected chi connectivity index (χ2v) is 11.9. The van der Waals surface area contributed by atoms with Crippen LogP contribution in [0.25, 0.3) is 0 Å². The maximum absolute atomic E-state index is 13.6. The van der Waals surface area contributed by atoms with Gasteiger partial charge in [0, 0.05) is 50.0 Å². The van der Waals surface area contributed by atoms with Crippen LogP contribution in [0.1, 0.15) is 44.2 Å². The van der Waals surface area contributed by atoms with Crippen molar-refractivity contribution in [2.45, 2.75) is 52.6 Å². The number of carbonyl (C=O) groups excluding carboxylic acids is 2. The quantitative estimate of drug-likeness (QED) is 0.327. The number of amides is 3. The van der Waals surface area contributed by atoms with Crippen LogP contribution in [0.3, 0.4) is 0 Å². The number of aryl methyl sites for hydroxylation is 1. The summed E-state index contributed by atoms with van der Waals surface area (Å²) < 4.78 is 26.5. The molecule has 1 aliphatic heterocycles. The van der Waals surface area contributed by atoms with Gasteiger partial charge in [-0.1, -0.05) is 31.2 Å². The summed E-state index contributed by atoms with van der Waals surface area (Å²) in [5.74, 6) is -0.321. The largest absolute Gasteiger partial charge is 0.334 e. The number of nitro benzene ring substituents is 1. The van der Waals surface area contributed by atoms with Crippen molar-refractivity contribution in [3.05, 3.63) is 69.8 Å². The van der Waals surface area contributed by atoms with Crippen molar-refractivity contribution < 1.29 is 22.9 Å². The maximum Gasteiger partial charge on any atom is 0.321 e. The lowest BCUT2D eigenvalue weighted by atomic mass is 10.0. The number of hydrogen-bond donors (Lipinski definition) is 1. The lowest BCUT2D eigenvalue weighted by Gasteiger charge is -2.39. The number of nitrogens with one attached hydrogen (secondary N) is 1. The molecule has 2 aromatic rings. The molecule has 0 atom stereocenters. The lowest BCUT2D eigenvalue weighted by Crippen LogP contribution is -2.52. The normalized spacial score (nSPS) is 14.3. The smallest absolute Gasteiger partial charge is 0.321 e. The molecular formula is C27H37N5O6S. The molecule has 0 aromatic heterocycles. The third-order valence-corrected chi connectivity index (χ3v) is 8.82. The molecule has 0 spiro atoms. The Labute approximate surface area is 230 Å². The molecule has 39 heavy (non-hydrogen) atoms. The minimum Gasteiger partial charge on any atom is -0.334 e. The number of urea groups is 1. The molecular weight excluding hydrogens is 522 g/mol. The van der Waals surface area contributed by atoms with Crippen molar-refractivity contribution in [2.75, 3.05) is 37.2 Å². The van der Waals surface area contributed by atoms with Gasteiger partial charge >= 0.3 is 6.03 Å². The molecule has 0 radical (unpaired) electrons. The predicted octanol–water partition coefficient (Wildman–Crippen LogP) is 3.99. The standard InChI is InChI=1S/C27H37N5O6S/c1-4-16-30(39(37,38)5-2)20-26(33)31(19-22-9-7-6-8-21(22)3)24-14-17-29(18-15-24)27(34)28-23-10-12-25(13-11-23)32(35)36/h6-13,24H,4-5,14-20H2,1-3H3,(H,28,34). The Balaban J connectivity index is 1.71. The second kappa shape index (κ2) is 13.5. The fourth-order valence-corrected chi connectivity index (χ4v) is 5.76. The molecule has 1 saturated heterocycles. The van der Waals surface area contributed by atoms with Crippen LogP contribution in [-0.2, 0) is 21.4 Å². The first-order valence-corrected chi connectivity index (χ1v) is 14.8. The highest BCUT2D eigenvalue weighted by atomic mass is 32.2. The van der Waals surface area contributed by atoms with Crippen molar-refractivity contribution in [2.24, 2.45) is 0 Å². The van der Waals surface area contributed by atoms with E-state index in [1.165, 1.54) is 28.6 Å². The van der Waals surface area contributed by atoms with Crippen molar-refractivity contribution in [1.29, 1.82) is 0 Å². The van der Waals surface area contributed by atoms with E-state index in [1.54, 1.807) is 16.7 Å². The van der Waals surface area contributed by atoms with Gasteiger partial charge in [0.05, 0.1) is 17.2 Å². The zero-order valence-electron chi connectivity index (χ0n) is 22.7. The fraction of sp³-hybridized carbons (Fsp3) is 0.481. The number of nitro groups is 1. The third-order valence-electron chi connectivity index (χ3n) is 6.99. The zero-order valence-corrected chi connectivity index (χ0v) is 23.5. The first-order valence-electron chi connectivity index (χ1n) is 13.2. The average Bonchev–Trinajstić information content (AvgIpc) is 2.92. The molecule has 1 fully saturated rings. The summed E-state index contributed by atoms with van der Waals surface area (Å²) in [5.41, 5.74) is 2.43. The maximum atomic E-state index is 13.6. The van der Waals surface area contributed by atoms with E-state index in [2.05, 4.69) is 5.32 Å². The first kappa shape index (κ1) is 30.0. The van der Waals surface area contributed by atoms with E-state index in [1.807, 2.05) is 38.1 Å². The van der Waals surface area contributed by atoms with E-state index in [9.17, 15) is 28.1 Å². The van der Waals surface area contributed by atoms with Crippen LogP contribution < -0.4 is 5.32 Å². The van der Waals surface area contributed by atoms with Crippen molar-refractivity contribution in [1.82, 2.24) is 14.1 Å². The van der Waals surface area contributed by atoms with Crippen LogP contribution in [0.4, 0.5) is 16.2 Å². The molecule has 0 saturated carbocycles. The Morgan fingerprint density at radius 2 is 1.72 bits per heavy atom. The van der Waals surface area contributed by atoms with E-state index in [-0.39, 0.29) is 42.5 Å². The highest BCUT2D eigenvalue weighted by Gasteiger charge is 2.32. The van der Waals surface area contributed by atoms with Crippen LogP contribution in [0.2, 0.25) is 0 Å². The molecule has 0 bridgehead atoms. The van der Waals surface area contributed by atoms with E-state index in [0.717, 1.165) is 11.1 Å². The van der Waals surface area contributed by atoms with Gasteiger partial charge in [-0.3, -0.25) is 14.9 Å². The molecule has 0 unspecified atom stereocenters. The summed E-state index contributed by atoms with van der Waals surface area (Å²) >= 11 is 0. The van der Waals surface area contributed by atoms with Crippen LogP contribution in [0.5, 0.6) is 0 Å². The third kappa shape index (κ3) is 7.99. The number of piperidine rings is 1. The number of likely N-dealkylation sites (tertiary alicyclic amines) is 1. The second-order valence-electron chi connectivity index (χ2n) is 9.63. The molecule has 1 aliphatic rings. The minimum absolute atomic E-state index is 0.0588. The van der Waals surface area contributed by atoms with Gasteiger partial charge in [0.1, 0.15) is 0 Å². The van der Waals surface area contributed by atoms with Crippen LogP contribution in [0, 0.1) is 17.0 Å². The summed E-state index contributed by atoms with van der Waals surface area (Å²) in [6.07, 6.45) is 1.69. The Bertz CT molecular complexity index is 1260. The number of anilines is 1. The van der Waals surface area contributed by atoms with Crippen molar-refractivity contribution >= 4 is 33.3 Å². The Morgan fingerprint density at radius 3 is 2.28 bits per heavy atom. The number of non-ortho nitro benzene ring substituents is 1. The summed E-state index contributed by atoms with van der Waals surface area (Å²) in [5, 5.41) is 13.6. The Kier molecular flexibility index (Phi) is 10.4. The molecule has 1 N–H and O–H groups in total. The molecule has 12 heteroatoms. The van der Waals surface area contributed by atoms with Gasteiger partial charge < -0.3 is 15.1 Å². The summed E-state index contributed by atoms with van der Waals surface area (Å²) in [4.78, 5) is 40.2. The van der Waals surface area contributed by atoms with E-state index in [0.29, 0.717) is 44.6 Å². The summed E-state index contributed by atoms with van der Waals surface area (Å²) in [7, 11) is -3.53. The lowest BCUT2D eigenvalue weighted by molar-refractivity contribution is -0.384. The van der Waals surface area contributed by atoms with E-state index >= 15 is 0 Å². The highest BCUT2D eigenvalue weighted by molar-refractivity contribution is 7.89. The minimum atomic E-state index is -3.53. The van der Waals surface area contributed by atoms with Gasteiger partial charge in [0.2, 0.25) is 15.9 Å². The predicted molar refractivity (Wildman–Crippen MR) is 150 cm³/mol.